The second kappa shape index (κ2) is 9.78. The maximum absolute atomic E-state index is 13.4. The van der Waals surface area contributed by atoms with Crippen LogP contribution in [-0.2, 0) is 16.0 Å². The first-order chi connectivity index (χ1) is 18.1. The van der Waals surface area contributed by atoms with Gasteiger partial charge < -0.3 is 19.9 Å². The lowest BCUT2D eigenvalue weighted by Gasteiger charge is -2.27. The monoisotopic (exact) mass is 498 g/mol. The van der Waals surface area contributed by atoms with Crippen molar-refractivity contribution in [3.8, 4) is 22.6 Å². The minimum atomic E-state index is -0.583. The lowest BCUT2D eigenvalue weighted by atomic mass is 10.1. The van der Waals surface area contributed by atoms with Crippen LogP contribution in [0.3, 0.4) is 0 Å². The van der Waals surface area contributed by atoms with Gasteiger partial charge in [0.2, 0.25) is 11.9 Å². The molecular formula is C26H23FN8O2. The van der Waals surface area contributed by atoms with Crippen molar-refractivity contribution in [1.82, 2.24) is 30.1 Å². The predicted molar refractivity (Wildman–Crippen MR) is 136 cm³/mol. The number of hydrogen-bond acceptors (Lipinski definition) is 7. The van der Waals surface area contributed by atoms with Gasteiger partial charge in [0.25, 0.3) is 0 Å². The maximum Gasteiger partial charge on any atom is 0.230 e. The Morgan fingerprint density at radius 3 is 2.65 bits per heavy atom. The number of nitrogens with zero attached hydrogens (tertiary/aromatic N) is 5. The van der Waals surface area contributed by atoms with Crippen molar-refractivity contribution < 1.29 is 13.9 Å². The van der Waals surface area contributed by atoms with Crippen LogP contribution in [0.25, 0.3) is 33.7 Å². The molecule has 1 aliphatic rings. The van der Waals surface area contributed by atoms with Crippen molar-refractivity contribution in [2.75, 3.05) is 36.5 Å². The molecule has 1 fully saturated rings. The number of hydrogen-bond donors (Lipinski definition) is 3. The first-order valence-electron chi connectivity index (χ1n) is 11.9. The Morgan fingerprint density at radius 1 is 1.03 bits per heavy atom. The zero-order valence-electron chi connectivity index (χ0n) is 19.7. The Kier molecular flexibility index (Phi) is 6.03. The van der Waals surface area contributed by atoms with Crippen LogP contribution in [-0.4, -0.2) is 62.3 Å². The van der Waals surface area contributed by atoms with Crippen LogP contribution in [0.4, 0.5) is 15.9 Å². The van der Waals surface area contributed by atoms with E-state index in [2.05, 4.69) is 35.4 Å². The second-order valence-corrected chi connectivity index (χ2v) is 8.66. The van der Waals surface area contributed by atoms with Crippen LogP contribution >= 0.6 is 0 Å². The molecule has 11 heteroatoms. The highest BCUT2D eigenvalue weighted by Crippen LogP contribution is 2.27. The molecular weight excluding hydrogens is 475 g/mol. The van der Waals surface area contributed by atoms with Gasteiger partial charge in [0.05, 0.1) is 30.8 Å². The third-order valence-electron chi connectivity index (χ3n) is 6.14. The minimum Gasteiger partial charge on any atom is -0.378 e. The molecule has 0 atom stereocenters. The van der Waals surface area contributed by atoms with Crippen molar-refractivity contribution in [3.63, 3.8) is 0 Å². The number of imidazole rings is 1. The fourth-order valence-corrected chi connectivity index (χ4v) is 4.32. The summed E-state index contributed by atoms with van der Waals surface area (Å²) in [4.78, 5) is 31.0. The Bertz CT molecular complexity index is 1560. The Labute approximate surface area is 210 Å². The number of fused-ring (bicyclic) bond motifs is 1. The van der Waals surface area contributed by atoms with E-state index < -0.39 is 5.95 Å². The molecule has 37 heavy (non-hydrogen) atoms. The zero-order chi connectivity index (χ0) is 25.2. The van der Waals surface area contributed by atoms with E-state index in [1.165, 1.54) is 12.3 Å². The summed E-state index contributed by atoms with van der Waals surface area (Å²) < 4.78 is 18.8. The highest BCUT2D eigenvalue weighted by atomic mass is 19.1. The number of aromatic nitrogens is 6. The summed E-state index contributed by atoms with van der Waals surface area (Å²) >= 11 is 0. The SMILES string of the molecule is O=C(Cc1cc(-c2ccnc(F)c2)n[nH]1)Nc1ccc(-c2nc3c(N4CCOCC4)nccc3[nH]2)cc1. The summed E-state index contributed by atoms with van der Waals surface area (Å²) in [6.07, 6.45) is 3.26. The summed E-state index contributed by atoms with van der Waals surface area (Å²) in [5.41, 5.74) is 5.05. The van der Waals surface area contributed by atoms with Crippen molar-refractivity contribution in [1.29, 1.82) is 0 Å². The normalized spacial score (nSPS) is 13.7. The van der Waals surface area contributed by atoms with Crippen molar-refractivity contribution in [2.24, 2.45) is 0 Å². The van der Waals surface area contributed by atoms with Gasteiger partial charge in [-0.2, -0.15) is 9.49 Å². The molecule has 0 spiro atoms. The number of anilines is 2. The van der Waals surface area contributed by atoms with Crippen LogP contribution in [0.2, 0.25) is 0 Å². The standard InChI is InChI=1S/C26H23FN8O2/c27-22-13-17(5-7-28-22)21-14-19(33-34-21)15-23(36)30-18-3-1-16(2-4-18)25-31-20-6-8-29-26(24(20)32-25)35-9-11-37-12-10-35/h1-8,13-14H,9-12,15H2,(H,30,36)(H,31,32)(H,33,34). The summed E-state index contributed by atoms with van der Waals surface area (Å²) in [7, 11) is 0. The van der Waals surface area contributed by atoms with E-state index in [1.807, 2.05) is 30.3 Å². The van der Waals surface area contributed by atoms with E-state index >= 15 is 0 Å². The number of carbonyl (C=O) groups is 1. The summed E-state index contributed by atoms with van der Waals surface area (Å²) in [6.45, 7) is 2.92. The Morgan fingerprint density at radius 2 is 1.84 bits per heavy atom. The van der Waals surface area contributed by atoms with Gasteiger partial charge in [-0.1, -0.05) is 0 Å². The molecule has 1 saturated heterocycles. The highest BCUT2D eigenvalue weighted by molar-refractivity contribution is 5.93. The molecule has 3 N–H and O–H groups in total. The van der Waals surface area contributed by atoms with Gasteiger partial charge in [-0.05, 0) is 42.5 Å². The molecule has 1 aromatic carbocycles. The van der Waals surface area contributed by atoms with Crippen LogP contribution in [0.1, 0.15) is 5.69 Å². The number of amides is 1. The first kappa shape index (κ1) is 22.8. The van der Waals surface area contributed by atoms with Gasteiger partial charge in [0, 0.05) is 54.1 Å². The van der Waals surface area contributed by atoms with Crippen LogP contribution < -0.4 is 10.2 Å². The van der Waals surface area contributed by atoms with Gasteiger partial charge in [0.1, 0.15) is 11.3 Å². The Balaban J connectivity index is 1.13. The fourth-order valence-electron chi connectivity index (χ4n) is 4.32. The smallest absolute Gasteiger partial charge is 0.230 e. The number of carbonyl (C=O) groups excluding carboxylic acids is 1. The van der Waals surface area contributed by atoms with E-state index in [-0.39, 0.29) is 12.3 Å². The third kappa shape index (κ3) is 4.89. The summed E-state index contributed by atoms with van der Waals surface area (Å²) in [6, 6.07) is 14.1. The van der Waals surface area contributed by atoms with Crippen LogP contribution in [0.15, 0.2) is 60.9 Å². The van der Waals surface area contributed by atoms with Crippen molar-refractivity contribution in [3.05, 3.63) is 72.6 Å². The molecule has 0 saturated carbocycles. The molecule has 0 bridgehead atoms. The Hall–Kier alpha value is -4.64. The lowest BCUT2D eigenvalue weighted by molar-refractivity contribution is -0.115. The minimum absolute atomic E-state index is 0.100. The number of rotatable bonds is 6. The van der Waals surface area contributed by atoms with E-state index in [4.69, 9.17) is 9.72 Å². The van der Waals surface area contributed by atoms with E-state index in [9.17, 15) is 9.18 Å². The molecule has 186 valence electrons. The number of nitrogens with one attached hydrogen (secondary N) is 3. The number of H-pyrrole nitrogens is 2. The summed E-state index contributed by atoms with van der Waals surface area (Å²) in [5, 5.41) is 9.88. The van der Waals surface area contributed by atoms with Gasteiger partial charge in [-0.3, -0.25) is 9.89 Å². The molecule has 5 aromatic rings. The lowest BCUT2D eigenvalue weighted by Crippen LogP contribution is -2.36. The fraction of sp³-hybridized carbons (Fsp3) is 0.192. The third-order valence-corrected chi connectivity index (χ3v) is 6.14. The van der Waals surface area contributed by atoms with Gasteiger partial charge in [-0.25, -0.2) is 15.0 Å². The number of halogens is 1. The van der Waals surface area contributed by atoms with E-state index in [1.54, 1.807) is 18.3 Å². The molecule has 0 aliphatic carbocycles. The molecule has 0 unspecified atom stereocenters. The van der Waals surface area contributed by atoms with Crippen molar-refractivity contribution >= 4 is 28.4 Å². The average Bonchev–Trinajstić information content (AvgIpc) is 3.57. The van der Waals surface area contributed by atoms with Crippen LogP contribution in [0.5, 0.6) is 0 Å². The number of pyridine rings is 2. The quantitative estimate of drug-likeness (QED) is 0.306. The number of ether oxygens (including phenoxy) is 1. The van der Waals surface area contributed by atoms with E-state index in [0.29, 0.717) is 35.9 Å². The first-order valence-corrected chi connectivity index (χ1v) is 11.9. The van der Waals surface area contributed by atoms with Gasteiger partial charge in [0.15, 0.2) is 5.82 Å². The molecule has 5 heterocycles. The largest absolute Gasteiger partial charge is 0.378 e. The maximum atomic E-state index is 13.4. The molecule has 10 nitrogen and oxygen atoms in total. The number of morpholine rings is 1. The van der Waals surface area contributed by atoms with Gasteiger partial charge >= 0.3 is 0 Å². The molecule has 0 radical (unpaired) electrons. The average molecular weight is 499 g/mol. The molecule has 4 aromatic heterocycles. The predicted octanol–water partition coefficient (Wildman–Crippen LogP) is 3.57. The van der Waals surface area contributed by atoms with Gasteiger partial charge in [-0.15, -0.1) is 0 Å². The highest BCUT2D eigenvalue weighted by Gasteiger charge is 2.18. The molecule has 1 aliphatic heterocycles. The van der Waals surface area contributed by atoms with Crippen molar-refractivity contribution in [2.45, 2.75) is 6.42 Å². The molecule has 6 rings (SSSR count). The topological polar surface area (TPSA) is 125 Å². The van der Waals surface area contributed by atoms with E-state index in [0.717, 1.165) is 41.3 Å². The number of aromatic amines is 2. The van der Waals surface area contributed by atoms with Crippen LogP contribution in [0, 0.1) is 5.95 Å². The molecule has 1 amide bonds. The second-order valence-electron chi connectivity index (χ2n) is 8.66. The zero-order valence-corrected chi connectivity index (χ0v) is 19.7. The number of benzene rings is 1. The summed E-state index contributed by atoms with van der Waals surface area (Å²) in [5.74, 6) is 0.796.